The fourth-order valence-electron chi connectivity index (χ4n) is 3.45. The van der Waals surface area contributed by atoms with E-state index in [-0.39, 0.29) is 6.04 Å². The molecule has 1 fully saturated rings. The highest BCUT2D eigenvalue weighted by Gasteiger charge is 2.32. The number of hydrogen-bond acceptors (Lipinski definition) is 4. The third kappa shape index (κ3) is 2.97. The predicted molar refractivity (Wildman–Crippen MR) is 92.7 cm³/mol. The molecular weight excluding hydrogens is 305 g/mol. The van der Waals surface area contributed by atoms with E-state index in [0.717, 1.165) is 17.9 Å². The number of aromatic amines is 1. The van der Waals surface area contributed by atoms with Gasteiger partial charge in [0.05, 0.1) is 6.54 Å². The van der Waals surface area contributed by atoms with Crippen molar-refractivity contribution in [3.8, 4) is 0 Å². The van der Waals surface area contributed by atoms with Crippen molar-refractivity contribution in [3.63, 3.8) is 0 Å². The quantitative estimate of drug-likeness (QED) is 0.757. The minimum absolute atomic E-state index is 0.0968. The number of fused-ring (bicyclic) bond motifs is 1. The number of rotatable bonds is 5. The summed E-state index contributed by atoms with van der Waals surface area (Å²) in [5, 5.41) is 12.7. The molecule has 24 heavy (non-hydrogen) atoms. The third-order valence-corrected chi connectivity index (χ3v) is 4.58. The number of anilines is 1. The van der Waals surface area contributed by atoms with Gasteiger partial charge >= 0.3 is 0 Å². The maximum atomic E-state index is 13.9. The Morgan fingerprint density at radius 3 is 3.08 bits per heavy atom. The van der Waals surface area contributed by atoms with Crippen LogP contribution in [0.2, 0.25) is 0 Å². The smallest absolute Gasteiger partial charge is 0.151 e. The van der Waals surface area contributed by atoms with Crippen LogP contribution in [-0.4, -0.2) is 40.5 Å². The van der Waals surface area contributed by atoms with Gasteiger partial charge in [0.25, 0.3) is 0 Å². The predicted octanol–water partition coefficient (Wildman–Crippen LogP) is 2.66. The SMILES string of the molecule is F[C@H]1C[C@@H](CNCc2cccc3cc[nH]c23)N(c2cccnn2)C1. The van der Waals surface area contributed by atoms with E-state index in [1.807, 2.05) is 23.2 Å². The van der Waals surface area contributed by atoms with E-state index in [2.05, 4.69) is 44.8 Å². The van der Waals surface area contributed by atoms with Gasteiger partial charge in [0.2, 0.25) is 0 Å². The molecule has 124 valence electrons. The molecule has 2 atom stereocenters. The zero-order chi connectivity index (χ0) is 16.4. The lowest BCUT2D eigenvalue weighted by Crippen LogP contribution is -2.38. The van der Waals surface area contributed by atoms with Gasteiger partial charge in [-0.15, -0.1) is 5.10 Å². The molecule has 3 aromatic rings. The summed E-state index contributed by atoms with van der Waals surface area (Å²) in [6, 6.07) is 12.2. The average molecular weight is 325 g/mol. The highest BCUT2D eigenvalue weighted by Crippen LogP contribution is 2.25. The second-order valence-corrected chi connectivity index (χ2v) is 6.21. The van der Waals surface area contributed by atoms with E-state index < -0.39 is 6.17 Å². The van der Waals surface area contributed by atoms with E-state index in [9.17, 15) is 4.39 Å². The average Bonchev–Trinajstić information content (AvgIpc) is 3.22. The van der Waals surface area contributed by atoms with Gasteiger partial charge in [0.15, 0.2) is 5.82 Å². The minimum Gasteiger partial charge on any atom is -0.361 e. The maximum absolute atomic E-state index is 13.9. The Morgan fingerprint density at radius 1 is 1.25 bits per heavy atom. The summed E-state index contributed by atoms with van der Waals surface area (Å²) >= 11 is 0. The minimum atomic E-state index is -0.814. The summed E-state index contributed by atoms with van der Waals surface area (Å²) in [7, 11) is 0. The normalized spacial score (nSPS) is 20.8. The van der Waals surface area contributed by atoms with Gasteiger partial charge in [-0.1, -0.05) is 18.2 Å². The van der Waals surface area contributed by atoms with Crippen LogP contribution in [0.15, 0.2) is 48.8 Å². The molecule has 1 saturated heterocycles. The van der Waals surface area contributed by atoms with E-state index in [1.165, 1.54) is 10.9 Å². The molecule has 0 saturated carbocycles. The number of benzene rings is 1. The second kappa shape index (κ2) is 6.57. The number of nitrogens with one attached hydrogen (secondary N) is 2. The molecular formula is C18H20FN5. The van der Waals surface area contributed by atoms with E-state index in [1.54, 1.807) is 6.20 Å². The molecule has 3 heterocycles. The molecule has 1 aromatic carbocycles. The summed E-state index contributed by atoms with van der Waals surface area (Å²) in [4.78, 5) is 5.29. The lowest BCUT2D eigenvalue weighted by molar-refractivity contribution is 0.354. The van der Waals surface area contributed by atoms with Crippen LogP contribution >= 0.6 is 0 Å². The van der Waals surface area contributed by atoms with Gasteiger partial charge in [-0.25, -0.2) is 4.39 Å². The van der Waals surface area contributed by atoms with Crippen molar-refractivity contribution >= 4 is 16.7 Å². The Hall–Kier alpha value is -2.47. The van der Waals surface area contributed by atoms with Crippen molar-refractivity contribution in [2.75, 3.05) is 18.0 Å². The largest absolute Gasteiger partial charge is 0.361 e. The molecule has 0 spiro atoms. The highest BCUT2D eigenvalue weighted by atomic mass is 19.1. The van der Waals surface area contributed by atoms with Gasteiger partial charge in [0, 0.05) is 43.5 Å². The molecule has 0 radical (unpaired) electrons. The standard InChI is InChI=1S/C18H20FN5/c19-15-9-16(24(12-15)17-5-2-7-22-23-17)11-20-10-14-4-1-3-13-6-8-21-18(13)14/h1-8,15-16,20-21H,9-12H2/t15-,16-/m0/s1. The number of halogens is 1. The second-order valence-electron chi connectivity index (χ2n) is 6.21. The lowest BCUT2D eigenvalue weighted by atomic mass is 10.1. The van der Waals surface area contributed by atoms with Crippen LogP contribution in [0.4, 0.5) is 10.2 Å². The zero-order valence-electron chi connectivity index (χ0n) is 13.3. The van der Waals surface area contributed by atoms with Gasteiger partial charge in [0.1, 0.15) is 6.17 Å². The van der Waals surface area contributed by atoms with Crippen LogP contribution in [0.3, 0.4) is 0 Å². The summed E-state index contributed by atoms with van der Waals surface area (Å²) in [6.07, 6.45) is 3.30. The number of aromatic nitrogens is 3. The van der Waals surface area contributed by atoms with Crippen molar-refractivity contribution in [3.05, 3.63) is 54.4 Å². The van der Waals surface area contributed by atoms with Crippen LogP contribution in [-0.2, 0) is 6.54 Å². The lowest BCUT2D eigenvalue weighted by Gasteiger charge is -2.25. The van der Waals surface area contributed by atoms with Crippen LogP contribution in [0.1, 0.15) is 12.0 Å². The van der Waals surface area contributed by atoms with Crippen molar-refractivity contribution in [2.45, 2.75) is 25.2 Å². The summed E-state index contributed by atoms with van der Waals surface area (Å²) < 4.78 is 13.9. The van der Waals surface area contributed by atoms with Crippen LogP contribution in [0.5, 0.6) is 0 Å². The van der Waals surface area contributed by atoms with Crippen molar-refractivity contribution < 1.29 is 4.39 Å². The molecule has 2 N–H and O–H groups in total. The fourth-order valence-corrected chi connectivity index (χ4v) is 3.45. The van der Waals surface area contributed by atoms with Gasteiger partial charge < -0.3 is 15.2 Å². The molecule has 1 aliphatic heterocycles. The van der Waals surface area contributed by atoms with Crippen LogP contribution in [0.25, 0.3) is 10.9 Å². The van der Waals surface area contributed by atoms with Crippen molar-refractivity contribution in [2.24, 2.45) is 0 Å². The summed E-state index contributed by atoms with van der Waals surface area (Å²) in [5.41, 5.74) is 2.38. The molecule has 0 aliphatic carbocycles. The number of alkyl halides is 1. The maximum Gasteiger partial charge on any atom is 0.151 e. The first-order valence-corrected chi connectivity index (χ1v) is 8.25. The molecule has 2 aromatic heterocycles. The van der Waals surface area contributed by atoms with E-state index in [4.69, 9.17) is 0 Å². The first kappa shape index (κ1) is 15.1. The Kier molecular flexibility index (Phi) is 4.13. The number of hydrogen-bond donors (Lipinski definition) is 2. The topological polar surface area (TPSA) is 56.8 Å². The van der Waals surface area contributed by atoms with Gasteiger partial charge in [-0.05, 0) is 29.1 Å². The molecule has 4 rings (SSSR count). The monoisotopic (exact) mass is 325 g/mol. The molecule has 0 amide bonds. The van der Waals surface area contributed by atoms with E-state index in [0.29, 0.717) is 19.5 Å². The van der Waals surface area contributed by atoms with Crippen LogP contribution < -0.4 is 10.2 Å². The number of H-pyrrole nitrogens is 1. The Bertz CT molecular complexity index is 803. The number of nitrogens with zero attached hydrogens (tertiary/aromatic N) is 3. The Labute approximate surface area is 139 Å². The van der Waals surface area contributed by atoms with Gasteiger partial charge in [-0.3, -0.25) is 0 Å². The summed E-state index contributed by atoms with van der Waals surface area (Å²) in [6.45, 7) is 1.85. The van der Waals surface area contributed by atoms with Crippen LogP contribution in [0, 0.1) is 0 Å². The third-order valence-electron chi connectivity index (χ3n) is 4.58. The van der Waals surface area contributed by atoms with E-state index >= 15 is 0 Å². The Morgan fingerprint density at radius 2 is 2.21 bits per heavy atom. The number of para-hydroxylation sites is 1. The van der Waals surface area contributed by atoms with Gasteiger partial charge in [-0.2, -0.15) is 5.10 Å². The van der Waals surface area contributed by atoms with Crippen molar-refractivity contribution in [1.82, 2.24) is 20.5 Å². The molecule has 6 heteroatoms. The molecule has 0 bridgehead atoms. The first-order chi connectivity index (χ1) is 11.8. The fraction of sp³-hybridized carbons (Fsp3) is 0.333. The highest BCUT2D eigenvalue weighted by molar-refractivity contribution is 5.82. The molecule has 1 aliphatic rings. The molecule has 5 nitrogen and oxygen atoms in total. The molecule has 0 unspecified atom stereocenters. The zero-order valence-corrected chi connectivity index (χ0v) is 13.3. The first-order valence-electron chi connectivity index (χ1n) is 8.25. The Balaban J connectivity index is 1.42. The van der Waals surface area contributed by atoms with Crippen molar-refractivity contribution in [1.29, 1.82) is 0 Å². The summed E-state index contributed by atoms with van der Waals surface area (Å²) in [5.74, 6) is 0.746.